The summed E-state index contributed by atoms with van der Waals surface area (Å²) in [7, 11) is 0. The SMILES string of the molecule is Cc1ccc(-c2nc(C(=O)O)co2)cc1C. The van der Waals surface area contributed by atoms with E-state index in [1.807, 2.05) is 32.0 Å². The van der Waals surface area contributed by atoms with Crippen LogP contribution in [0.5, 0.6) is 0 Å². The number of carboxylic acids is 1. The minimum absolute atomic E-state index is 0.0757. The summed E-state index contributed by atoms with van der Waals surface area (Å²) in [5.41, 5.74) is 3.00. The summed E-state index contributed by atoms with van der Waals surface area (Å²) < 4.78 is 5.11. The molecule has 4 nitrogen and oxygen atoms in total. The number of aryl methyl sites for hydroxylation is 2. The normalized spacial score (nSPS) is 10.4. The van der Waals surface area contributed by atoms with Crippen LogP contribution in [0.2, 0.25) is 0 Å². The third-order valence-electron chi connectivity index (χ3n) is 2.48. The van der Waals surface area contributed by atoms with E-state index in [0.29, 0.717) is 5.89 Å². The Kier molecular flexibility index (Phi) is 2.48. The summed E-state index contributed by atoms with van der Waals surface area (Å²) in [4.78, 5) is 14.5. The van der Waals surface area contributed by atoms with Gasteiger partial charge in [-0.3, -0.25) is 0 Å². The molecule has 2 aromatic rings. The first-order valence-corrected chi connectivity index (χ1v) is 4.84. The van der Waals surface area contributed by atoms with Crippen LogP contribution in [0, 0.1) is 13.8 Å². The molecule has 0 fully saturated rings. The van der Waals surface area contributed by atoms with Gasteiger partial charge < -0.3 is 9.52 Å². The second-order valence-corrected chi connectivity index (χ2v) is 3.64. The summed E-state index contributed by atoms with van der Waals surface area (Å²) >= 11 is 0. The molecule has 0 aliphatic rings. The van der Waals surface area contributed by atoms with Gasteiger partial charge in [0.15, 0.2) is 5.69 Å². The highest BCUT2D eigenvalue weighted by Crippen LogP contribution is 2.21. The maximum Gasteiger partial charge on any atom is 0.357 e. The number of oxazole rings is 1. The third-order valence-corrected chi connectivity index (χ3v) is 2.48. The smallest absolute Gasteiger partial charge is 0.357 e. The Labute approximate surface area is 92.6 Å². The fourth-order valence-corrected chi connectivity index (χ4v) is 1.38. The number of aromatic carboxylic acids is 1. The summed E-state index contributed by atoms with van der Waals surface area (Å²) in [6, 6.07) is 5.74. The van der Waals surface area contributed by atoms with Crippen LogP contribution in [-0.2, 0) is 0 Å². The van der Waals surface area contributed by atoms with E-state index in [2.05, 4.69) is 4.98 Å². The lowest BCUT2D eigenvalue weighted by Gasteiger charge is -2.00. The molecule has 0 saturated carbocycles. The van der Waals surface area contributed by atoms with Gasteiger partial charge in [-0.1, -0.05) is 6.07 Å². The summed E-state index contributed by atoms with van der Waals surface area (Å²) in [6.45, 7) is 4.00. The van der Waals surface area contributed by atoms with Crippen molar-refractivity contribution in [1.82, 2.24) is 4.98 Å². The molecule has 1 aromatic heterocycles. The van der Waals surface area contributed by atoms with Crippen LogP contribution in [0.25, 0.3) is 11.5 Å². The predicted molar refractivity (Wildman–Crippen MR) is 58.4 cm³/mol. The zero-order valence-electron chi connectivity index (χ0n) is 9.02. The van der Waals surface area contributed by atoms with Crippen LogP contribution in [0.4, 0.5) is 0 Å². The van der Waals surface area contributed by atoms with Gasteiger partial charge in [-0.05, 0) is 37.1 Å². The number of carboxylic acid groups (broad SMARTS) is 1. The molecule has 0 spiro atoms. The molecule has 0 bridgehead atoms. The monoisotopic (exact) mass is 217 g/mol. The van der Waals surface area contributed by atoms with Crippen molar-refractivity contribution in [3.05, 3.63) is 41.3 Å². The Hall–Kier alpha value is -2.10. The Balaban J connectivity index is 2.42. The van der Waals surface area contributed by atoms with Gasteiger partial charge in [0.2, 0.25) is 5.89 Å². The largest absolute Gasteiger partial charge is 0.476 e. The van der Waals surface area contributed by atoms with Gasteiger partial charge in [0, 0.05) is 5.56 Å². The number of aromatic nitrogens is 1. The maximum atomic E-state index is 10.6. The van der Waals surface area contributed by atoms with Gasteiger partial charge in [0.05, 0.1) is 0 Å². The molecular weight excluding hydrogens is 206 g/mol. The van der Waals surface area contributed by atoms with Crippen LogP contribution in [0.3, 0.4) is 0 Å². The predicted octanol–water partition coefficient (Wildman–Crippen LogP) is 2.66. The number of rotatable bonds is 2. The molecule has 0 amide bonds. The standard InChI is InChI=1S/C12H11NO3/c1-7-3-4-9(5-8(7)2)11-13-10(6-16-11)12(14)15/h3-6H,1-2H3,(H,14,15). The van der Waals surface area contributed by atoms with Crippen molar-refractivity contribution in [2.45, 2.75) is 13.8 Å². The highest BCUT2D eigenvalue weighted by molar-refractivity contribution is 5.85. The minimum atomic E-state index is -1.08. The molecule has 0 aliphatic carbocycles. The average molecular weight is 217 g/mol. The quantitative estimate of drug-likeness (QED) is 0.839. The topological polar surface area (TPSA) is 63.3 Å². The van der Waals surface area contributed by atoms with Crippen LogP contribution in [-0.4, -0.2) is 16.1 Å². The first-order chi connectivity index (χ1) is 7.58. The van der Waals surface area contributed by atoms with Crippen LogP contribution in [0.15, 0.2) is 28.9 Å². The molecule has 0 radical (unpaired) electrons. The minimum Gasteiger partial charge on any atom is -0.476 e. The molecule has 82 valence electrons. The van der Waals surface area contributed by atoms with E-state index >= 15 is 0 Å². The number of benzene rings is 1. The van der Waals surface area contributed by atoms with E-state index in [0.717, 1.165) is 17.4 Å². The molecule has 4 heteroatoms. The zero-order valence-corrected chi connectivity index (χ0v) is 9.02. The zero-order chi connectivity index (χ0) is 11.7. The van der Waals surface area contributed by atoms with Crippen molar-refractivity contribution in [1.29, 1.82) is 0 Å². The maximum absolute atomic E-state index is 10.6. The average Bonchev–Trinajstić information content (AvgIpc) is 2.71. The number of carbonyl (C=O) groups is 1. The molecule has 1 N–H and O–H groups in total. The fraction of sp³-hybridized carbons (Fsp3) is 0.167. The van der Waals surface area contributed by atoms with Crippen molar-refractivity contribution in [2.24, 2.45) is 0 Å². The van der Waals surface area contributed by atoms with Gasteiger partial charge >= 0.3 is 5.97 Å². The van der Waals surface area contributed by atoms with Crippen LogP contribution >= 0.6 is 0 Å². The lowest BCUT2D eigenvalue weighted by molar-refractivity contribution is 0.0690. The molecule has 16 heavy (non-hydrogen) atoms. The van der Waals surface area contributed by atoms with Gasteiger partial charge in [0.25, 0.3) is 0 Å². The number of hydrogen-bond donors (Lipinski definition) is 1. The van der Waals surface area contributed by atoms with E-state index < -0.39 is 5.97 Å². The number of hydrogen-bond acceptors (Lipinski definition) is 3. The first kappa shape index (κ1) is 10.4. The summed E-state index contributed by atoms with van der Waals surface area (Å²) in [5.74, 6) is -0.751. The highest BCUT2D eigenvalue weighted by Gasteiger charge is 2.11. The molecule has 0 aliphatic heterocycles. The van der Waals surface area contributed by atoms with E-state index in [1.54, 1.807) is 0 Å². The van der Waals surface area contributed by atoms with Crippen molar-refractivity contribution < 1.29 is 14.3 Å². The van der Waals surface area contributed by atoms with Crippen molar-refractivity contribution in [2.75, 3.05) is 0 Å². The Morgan fingerprint density at radius 3 is 2.62 bits per heavy atom. The van der Waals surface area contributed by atoms with Crippen molar-refractivity contribution >= 4 is 5.97 Å². The van der Waals surface area contributed by atoms with E-state index in [1.165, 1.54) is 5.56 Å². The second-order valence-electron chi connectivity index (χ2n) is 3.64. The number of nitrogens with zero attached hydrogens (tertiary/aromatic N) is 1. The van der Waals surface area contributed by atoms with Crippen molar-refractivity contribution in [3.8, 4) is 11.5 Å². The van der Waals surface area contributed by atoms with Crippen LogP contribution in [0.1, 0.15) is 21.6 Å². The van der Waals surface area contributed by atoms with Crippen molar-refractivity contribution in [3.63, 3.8) is 0 Å². The van der Waals surface area contributed by atoms with E-state index in [9.17, 15) is 4.79 Å². The molecule has 1 aromatic carbocycles. The first-order valence-electron chi connectivity index (χ1n) is 4.84. The van der Waals surface area contributed by atoms with Gasteiger partial charge in [0.1, 0.15) is 6.26 Å². The molecular formula is C12H11NO3. The third kappa shape index (κ3) is 1.82. The van der Waals surface area contributed by atoms with E-state index in [4.69, 9.17) is 9.52 Å². The lowest BCUT2D eigenvalue weighted by Crippen LogP contribution is -1.95. The highest BCUT2D eigenvalue weighted by atomic mass is 16.4. The van der Waals surface area contributed by atoms with Gasteiger partial charge in [-0.15, -0.1) is 0 Å². The Bertz CT molecular complexity index is 543. The van der Waals surface area contributed by atoms with Gasteiger partial charge in [-0.25, -0.2) is 9.78 Å². The molecule has 0 saturated heterocycles. The molecule has 1 heterocycles. The lowest BCUT2D eigenvalue weighted by atomic mass is 10.1. The summed E-state index contributed by atoms with van der Waals surface area (Å²) in [5, 5.41) is 8.72. The Morgan fingerprint density at radius 1 is 1.31 bits per heavy atom. The molecule has 2 rings (SSSR count). The van der Waals surface area contributed by atoms with Gasteiger partial charge in [-0.2, -0.15) is 0 Å². The van der Waals surface area contributed by atoms with Crippen LogP contribution < -0.4 is 0 Å². The Morgan fingerprint density at radius 2 is 2.06 bits per heavy atom. The summed E-state index contributed by atoms with van der Waals surface area (Å²) in [6.07, 6.45) is 1.15. The molecule has 0 atom stereocenters. The molecule has 0 unspecified atom stereocenters. The van der Waals surface area contributed by atoms with E-state index in [-0.39, 0.29) is 5.69 Å². The second kappa shape index (κ2) is 3.81. The fourth-order valence-electron chi connectivity index (χ4n) is 1.38.